The summed E-state index contributed by atoms with van der Waals surface area (Å²) in [6.45, 7) is 1.15. The molecule has 2 aromatic carbocycles. The number of hydrogen-bond acceptors (Lipinski definition) is 3. The molecule has 1 heterocycles. The number of hydrogen-bond donors (Lipinski definition) is 2. The van der Waals surface area contributed by atoms with Gasteiger partial charge in [-0.25, -0.2) is 0 Å². The maximum Gasteiger partial charge on any atom is 0.150 e. The van der Waals surface area contributed by atoms with E-state index in [4.69, 9.17) is 33.7 Å². The number of ether oxygens (including phenoxy) is 1. The van der Waals surface area contributed by atoms with E-state index in [2.05, 4.69) is 5.32 Å². The van der Waals surface area contributed by atoms with Crippen LogP contribution in [0.3, 0.4) is 0 Å². The smallest absolute Gasteiger partial charge is 0.150 e. The monoisotopic (exact) mass is 308 g/mol. The lowest BCUT2D eigenvalue weighted by Crippen LogP contribution is -2.37. The van der Waals surface area contributed by atoms with Crippen LogP contribution < -0.4 is 15.8 Å². The number of nitrogens with two attached hydrogens (primary N) is 1. The molecule has 0 radical (unpaired) electrons. The summed E-state index contributed by atoms with van der Waals surface area (Å²) in [6.07, 6.45) is -0.0510. The van der Waals surface area contributed by atoms with E-state index < -0.39 is 0 Å². The molecule has 0 saturated heterocycles. The van der Waals surface area contributed by atoms with Crippen LogP contribution in [0.5, 0.6) is 5.75 Å². The molecule has 5 heteroatoms. The number of para-hydroxylation sites is 1. The van der Waals surface area contributed by atoms with Gasteiger partial charge in [0.15, 0.2) is 5.75 Å². The van der Waals surface area contributed by atoms with E-state index in [1.807, 2.05) is 36.4 Å². The Morgan fingerprint density at radius 3 is 2.55 bits per heavy atom. The normalized spacial score (nSPS) is 17.1. The molecule has 0 spiro atoms. The molecule has 0 bridgehead atoms. The molecule has 0 saturated carbocycles. The molecular weight excluding hydrogens is 295 g/mol. The Kier molecular flexibility index (Phi) is 3.74. The molecule has 20 heavy (non-hydrogen) atoms. The van der Waals surface area contributed by atoms with Crippen molar-refractivity contribution in [3.05, 3.63) is 46.4 Å². The summed E-state index contributed by atoms with van der Waals surface area (Å²) in [5.41, 5.74) is 8.29. The van der Waals surface area contributed by atoms with Crippen molar-refractivity contribution >= 4 is 28.9 Å². The molecule has 1 atom stereocenters. The fraction of sp³-hybridized carbons (Fsp3) is 0.200. The first kappa shape index (κ1) is 13.6. The third kappa shape index (κ3) is 2.33. The van der Waals surface area contributed by atoms with Gasteiger partial charge in [-0.15, -0.1) is 0 Å². The minimum atomic E-state index is -0.0510. The van der Waals surface area contributed by atoms with Gasteiger partial charge in [-0.3, -0.25) is 0 Å². The molecule has 3 nitrogen and oxygen atoms in total. The lowest BCUT2D eigenvalue weighted by atomic mass is 10.0. The quantitative estimate of drug-likeness (QED) is 0.887. The van der Waals surface area contributed by atoms with Crippen molar-refractivity contribution < 1.29 is 4.74 Å². The zero-order chi connectivity index (χ0) is 14.1. The molecule has 2 aromatic rings. The second kappa shape index (κ2) is 5.52. The Bertz CT molecular complexity index is 626. The van der Waals surface area contributed by atoms with Crippen molar-refractivity contribution in [3.63, 3.8) is 0 Å². The van der Waals surface area contributed by atoms with Gasteiger partial charge in [0, 0.05) is 17.7 Å². The lowest BCUT2D eigenvalue weighted by molar-refractivity contribution is 0.215. The molecule has 3 N–H and O–H groups in total. The fourth-order valence-corrected chi connectivity index (χ4v) is 2.92. The maximum absolute atomic E-state index is 6.29. The van der Waals surface area contributed by atoms with Gasteiger partial charge in [0.05, 0.1) is 22.3 Å². The van der Waals surface area contributed by atoms with E-state index in [0.717, 1.165) is 22.6 Å². The van der Waals surface area contributed by atoms with Crippen LogP contribution in [0.2, 0.25) is 10.0 Å². The van der Waals surface area contributed by atoms with Crippen LogP contribution in [0.25, 0.3) is 11.1 Å². The standard InChI is InChI=1S/C15H14Cl2N2O/c16-11-4-2-5-12(17)14(11)10-3-1-6-13-15(10)20-9(7-18)8-19-13/h1-6,9,19H,7-8,18H2/t9-/m1/s1. The van der Waals surface area contributed by atoms with Gasteiger partial charge in [-0.1, -0.05) is 41.4 Å². The first-order valence-electron chi connectivity index (χ1n) is 6.38. The van der Waals surface area contributed by atoms with Crippen molar-refractivity contribution in [2.75, 3.05) is 18.4 Å². The van der Waals surface area contributed by atoms with Crippen molar-refractivity contribution in [1.82, 2.24) is 0 Å². The zero-order valence-corrected chi connectivity index (χ0v) is 12.2. The van der Waals surface area contributed by atoms with Gasteiger partial charge >= 0.3 is 0 Å². The first-order chi connectivity index (χ1) is 9.70. The van der Waals surface area contributed by atoms with Gasteiger partial charge in [0.1, 0.15) is 6.10 Å². The van der Waals surface area contributed by atoms with Crippen LogP contribution in [0.1, 0.15) is 0 Å². The van der Waals surface area contributed by atoms with Crippen LogP contribution in [-0.4, -0.2) is 19.2 Å². The number of halogens is 2. The van der Waals surface area contributed by atoms with Crippen molar-refractivity contribution in [2.24, 2.45) is 5.73 Å². The largest absolute Gasteiger partial charge is 0.484 e. The van der Waals surface area contributed by atoms with Gasteiger partial charge < -0.3 is 15.8 Å². The highest BCUT2D eigenvalue weighted by atomic mass is 35.5. The summed E-state index contributed by atoms with van der Waals surface area (Å²) in [7, 11) is 0. The fourth-order valence-electron chi connectivity index (χ4n) is 2.32. The van der Waals surface area contributed by atoms with Crippen LogP contribution in [0.15, 0.2) is 36.4 Å². The SMILES string of the molecule is NC[C@@H]1CNc2cccc(-c3c(Cl)cccc3Cl)c2O1. The molecule has 1 aliphatic heterocycles. The summed E-state index contributed by atoms with van der Waals surface area (Å²) in [5.74, 6) is 0.754. The predicted molar refractivity (Wildman–Crippen MR) is 83.9 cm³/mol. The van der Waals surface area contributed by atoms with Crippen molar-refractivity contribution in [3.8, 4) is 16.9 Å². The summed E-state index contributed by atoms with van der Waals surface area (Å²) in [5, 5.41) is 4.52. The van der Waals surface area contributed by atoms with Crippen LogP contribution in [-0.2, 0) is 0 Å². The average molecular weight is 309 g/mol. The van der Waals surface area contributed by atoms with Gasteiger partial charge in [0.2, 0.25) is 0 Å². The predicted octanol–water partition coefficient (Wildman–Crippen LogP) is 3.79. The highest BCUT2D eigenvalue weighted by Gasteiger charge is 2.23. The number of fused-ring (bicyclic) bond motifs is 1. The molecule has 1 aliphatic rings. The number of anilines is 1. The second-order valence-corrected chi connectivity index (χ2v) is 5.45. The number of rotatable bonds is 2. The van der Waals surface area contributed by atoms with Crippen LogP contribution in [0.4, 0.5) is 5.69 Å². The average Bonchev–Trinajstić information content (AvgIpc) is 2.47. The molecule has 3 rings (SSSR count). The summed E-state index contributed by atoms with van der Waals surface area (Å²) in [4.78, 5) is 0. The Labute approximate surface area is 127 Å². The molecule has 0 aliphatic carbocycles. The lowest BCUT2D eigenvalue weighted by Gasteiger charge is -2.28. The Balaban J connectivity index is 2.16. The summed E-state index contributed by atoms with van der Waals surface area (Å²) in [6, 6.07) is 11.3. The second-order valence-electron chi connectivity index (χ2n) is 4.64. The van der Waals surface area contributed by atoms with E-state index >= 15 is 0 Å². The number of nitrogens with one attached hydrogen (secondary N) is 1. The minimum Gasteiger partial charge on any atom is -0.484 e. The first-order valence-corrected chi connectivity index (χ1v) is 7.14. The van der Waals surface area contributed by atoms with Gasteiger partial charge in [0.25, 0.3) is 0 Å². The molecule has 104 valence electrons. The number of benzene rings is 2. The topological polar surface area (TPSA) is 47.3 Å². The summed E-state index contributed by atoms with van der Waals surface area (Å²) >= 11 is 12.6. The van der Waals surface area contributed by atoms with E-state index in [9.17, 15) is 0 Å². The zero-order valence-electron chi connectivity index (χ0n) is 10.7. The van der Waals surface area contributed by atoms with Crippen molar-refractivity contribution in [1.29, 1.82) is 0 Å². The molecule has 0 unspecified atom stereocenters. The van der Waals surface area contributed by atoms with E-state index in [0.29, 0.717) is 23.1 Å². The molecule has 0 amide bonds. The highest BCUT2D eigenvalue weighted by Crippen LogP contribution is 2.44. The third-order valence-electron chi connectivity index (χ3n) is 3.31. The molecule has 0 aromatic heterocycles. The van der Waals surface area contributed by atoms with E-state index in [1.54, 1.807) is 0 Å². The molecular formula is C15H14Cl2N2O. The maximum atomic E-state index is 6.29. The van der Waals surface area contributed by atoms with Crippen molar-refractivity contribution in [2.45, 2.75) is 6.10 Å². The van der Waals surface area contributed by atoms with E-state index in [1.165, 1.54) is 0 Å². The van der Waals surface area contributed by atoms with Crippen LogP contribution in [0, 0.1) is 0 Å². The Morgan fingerprint density at radius 2 is 1.85 bits per heavy atom. The Morgan fingerprint density at radius 1 is 1.15 bits per heavy atom. The van der Waals surface area contributed by atoms with Gasteiger partial charge in [-0.2, -0.15) is 0 Å². The highest BCUT2D eigenvalue weighted by molar-refractivity contribution is 6.39. The minimum absolute atomic E-state index is 0.0510. The van der Waals surface area contributed by atoms with E-state index in [-0.39, 0.29) is 6.10 Å². The summed E-state index contributed by atoms with van der Waals surface area (Å²) < 4.78 is 5.97. The Hall–Kier alpha value is -1.42. The van der Waals surface area contributed by atoms with Crippen LogP contribution >= 0.6 is 23.2 Å². The van der Waals surface area contributed by atoms with Gasteiger partial charge in [-0.05, 0) is 18.2 Å². The third-order valence-corrected chi connectivity index (χ3v) is 3.94. The molecule has 0 fully saturated rings.